The van der Waals surface area contributed by atoms with Crippen LogP contribution in [0, 0.1) is 13.8 Å². The monoisotopic (exact) mass is 419 g/mol. The lowest BCUT2D eigenvalue weighted by Crippen LogP contribution is -2.34. The van der Waals surface area contributed by atoms with Gasteiger partial charge in [-0.05, 0) is 75.3 Å². The molecule has 0 atom stereocenters. The van der Waals surface area contributed by atoms with Crippen molar-refractivity contribution < 1.29 is 4.79 Å². The van der Waals surface area contributed by atoms with Crippen molar-refractivity contribution in [2.75, 3.05) is 20.1 Å². The third-order valence-corrected chi connectivity index (χ3v) is 6.60. The fourth-order valence-electron chi connectivity index (χ4n) is 4.21. The van der Waals surface area contributed by atoms with Gasteiger partial charge in [0.2, 0.25) is 0 Å². The minimum absolute atomic E-state index is 0.193. The van der Waals surface area contributed by atoms with E-state index in [0.717, 1.165) is 36.1 Å². The van der Waals surface area contributed by atoms with Crippen LogP contribution in [0.1, 0.15) is 58.8 Å². The van der Waals surface area contributed by atoms with Crippen LogP contribution in [0.25, 0.3) is 16.8 Å². The Balaban J connectivity index is 1.47. The van der Waals surface area contributed by atoms with Gasteiger partial charge in [0.1, 0.15) is 5.52 Å². The second-order valence-corrected chi connectivity index (χ2v) is 9.09. The second-order valence-electron chi connectivity index (χ2n) is 9.09. The van der Waals surface area contributed by atoms with Crippen LogP contribution in [0.2, 0.25) is 0 Å². The van der Waals surface area contributed by atoms with Crippen LogP contribution in [0.4, 0.5) is 0 Å². The van der Waals surface area contributed by atoms with E-state index in [0.29, 0.717) is 29.5 Å². The van der Waals surface area contributed by atoms with Crippen molar-refractivity contribution in [1.82, 2.24) is 24.8 Å². The molecule has 2 aliphatic rings. The van der Waals surface area contributed by atoms with Crippen molar-refractivity contribution in [3.63, 3.8) is 0 Å². The molecule has 2 N–H and O–H groups in total. The number of fused-ring (bicyclic) bond motifs is 1. The zero-order valence-corrected chi connectivity index (χ0v) is 18.4. The first-order chi connectivity index (χ1) is 14.9. The van der Waals surface area contributed by atoms with Gasteiger partial charge in [0.25, 0.3) is 11.5 Å². The Labute approximate surface area is 181 Å². The highest BCUT2D eigenvalue weighted by Crippen LogP contribution is 2.43. The van der Waals surface area contributed by atoms with Crippen LogP contribution >= 0.6 is 0 Å². The summed E-state index contributed by atoms with van der Waals surface area (Å²) in [6.45, 7) is 5.51. The van der Waals surface area contributed by atoms with Gasteiger partial charge >= 0.3 is 0 Å². The number of rotatable bonds is 7. The molecule has 1 aromatic carbocycles. The molecule has 3 aromatic rings. The lowest BCUT2D eigenvalue weighted by molar-refractivity contribution is 0.0943. The normalized spacial score (nSPS) is 16.3. The highest BCUT2D eigenvalue weighted by Gasteiger charge is 2.34. The highest BCUT2D eigenvalue weighted by atomic mass is 16.2. The number of nitrogens with zero attached hydrogens (tertiary/aromatic N) is 3. The average molecular weight is 420 g/mol. The van der Waals surface area contributed by atoms with E-state index in [9.17, 15) is 9.59 Å². The number of amides is 1. The van der Waals surface area contributed by atoms with Gasteiger partial charge in [0.15, 0.2) is 5.69 Å². The Bertz CT molecular complexity index is 1220. The Morgan fingerprint density at radius 2 is 2.00 bits per heavy atom. The molecule has 0 unspecified atom stereocenters. The van der Waals surface area contributed by atoms with Gasteiger partial charge in [0.05, 0.1) is 11.9 Å². The third-order valence-electron chi connectivity index (χ3n) is 6.60. The number of likely N-dealkylation sites (N-methyl/N-ethyl adjacent to an activating group) is 1. The van der Waals surface area contributed by atoms with Gasteiger partial charge in [-0.15, -0.1) is 0 Å². The van der Waals surface area contributed by atoms with E-state index in [-0.39, 0.29) is 17.4 Å². The molecule has 7 nitrogen and oxygen atoms in total. The fraction of sp³-hybridized carbons (Fsp3) is 0.458. The van der Waals surface area contributed by atoms with Crippen LogP contribution in [-0.2, 0) is 0 Å². The molecule has 0 radical (unpaired) electrons. The van der Waals surface area contributed by atoms with Gasteiger partial charge < -0.3 is 15.2 Å². The van der Waals surface area contributed by atoms with Crippen molar-refractivity contribution >= 4 is 11.4 Å². The molecule has 162 valence electrons. The van der Waals surface area contributed by atoms with Crippen LogP contribution in [0.3, 0.4) is 0 Å². The topological polar surface area (TPSA) is 82.5 Å². The predicted octanol–water partition coefficient (Wildman–Crippen LogP) is 3.01. The van der Waals surface area contributed by atoms with E-state index < -0.39 is 0 Å². The van der Waals surface area contributed by atoms with Crippen LogP contribution < -0.4 is 10.9 Å². The maximum atomic E-state index is 13.0. The molecule has 1 amide bonds. The first kappa shape index (κ1) is 20.0. The molecule has 2 heterocycles. The number of hydrogen-bond acceptors (Lipinski definition) is 4. The largest absolute Gasteiger partial charge is 0.349 e. The minimum Gasteiger partial charge on any atom is -0.349 e. The number of benzene rings is 1. The maximum absolute atomic E-state index is 13.0. The van der Waals surface area contributed by atoms with E-state index in [4.69, 9.17) is 0 Å². The lowest BCUT2D eigenvalue weighted by atomic mass is 10.0. The quantitative estimate of drug-likeness (QED) is 0.617. The molecule has 0 spiro atoms. The van der Waals surface area contributed by atoms with E-state index >= 15 is 0 Å². The maximum Gasteiger partial charge on any atom is 0.274 e. The molecule has 2 fully saturated rings. The first-order valence-electron chi connectivity index (χ1n) is 11.1. The molecule has 0 aliphatic heterocycles. The molecule has 2 aliphatic carbocycles. The number of aromatic amines is 1. The van der Waals surface area contributed by atoms with Gasteiger partial charge in [-0.3, -0.25) is 9.59 Å². The Kier molecular flexibility index (Phi) is 4.93. The lowest BCUT2D eigenvalue weighted by Gasteiger charge is -2.15. The minimum atomic E-state index is -0.197. The Morgan fingerprint density at radius 1 is 1.23 bits per heavy atom. The molecule has 0 saturated heterocycles. The standard InChI is InChI=1S/C24H29N5O2/c1-14-4-5-17(12-15(14)2)19-13-29-22(24(31)26-19)20(16-6-7-16)21(27-29)23(30)25-10-11-28(3)18-8-9-18/h4-5,12-13,16,18H,6-11H2,1-3H3,(H,25,30)(H,26,31). The number of carbonyl (C=O) groups is 1. The highest BCUT2D eigenvalue weighted by molar-refractivity contribution is 5.96. The molecule has 2 aromatic heterocycles. The number of hydrogen-bond donors (Lipinski definition) is 2. The van der Waals surface area contributed by atoms with E-state index in [2.05, 4.69) is 47.3 Å². The van der Waals surface area contributed by atoms with E-state index in [1.165, 1.54) is 18.4 Å². The average Bonchev–Trinajstić information content (AvgIpc) is 3.66. The van der Waals surface area contributed by atoms with Crippen molar-refractivity contribution in [3.8, 4) is 11.3 Å². The van der Waals surface area contributed by atoms with Crippen LogP contribution in [0.15, 0.2) is 29.2 Å². The second kappa shape index (κ2) is 7.64. The van der Waals surface area contributed by atoms with Crippen molar-refractivity contribution in [2.45, 2.75) is 51.5 Å². The summed E-state index contributed by atoms with van der Waals surface area (Å²) in [6.07, 6.45) is 6.29. The molecule has 7 heteroatoms. The fourth-order valence-corrected chi connectivity index (χ4v) is 4.21. The summed E-state index contributed by atoms with van der Waals surface area (Å²) in [5.74, 6) is 0.0443. The van der Waals surface area contributed by atoms with Crippen LogP contribution in [-0.4, -0.2) is 51.6 Å². The molecule has 0 bridgehead atoms. The molecule has 5 rings (SSSR count). The van der Waals surface area contributed by atoms with Crippen molar-refractivity contribution in [1.29, 1.82) is 0 Å². The van der Waals surface area contributed by atoms with Gasteiger partial charge in [-0.25, -0.2) is 4.52 Å². The summed E-state index contributed by atoms with van der Waals surface area (Å²) in [4.78, 5) is 31.3. The predicted molar refractivity (Wildman–Crippen MR) is 121 cm³/mol. The number of nitrogens with one attached hydrogen (secondary N) is 2. The number of carbonyl (C=O) groups excluding carboxylic acids is 1. The number of aryl methyl sites for hydroxylation is 2. The summed E-state index contributed by atoms with van der Waals surface area (Å²) >= 11 is 0. The summed E-state index contributed by atoms with van der Waals surface area (Å²) in [5, 5.41) is 7.58. The molecule has 2 saturated carbocycles. The third kappa shape index (κ3) is 3.90. The first-order valence-corrected chi connectivity index (χ1v) is 11.1. The Morgan fingerprint density at radius 3 is 2.68 bits per heavy atom. The molecular formula is C24H29N5O2. The van der Waals surface area contributed by atoms with Crippen molar-refractivity contribution in [3.05, 3.63) is 57.1 Å². The smallest absolute Gasteiger partial charge is 0.274 e. The van der Waals surface area contributed by atoms with Gasteiger partial charge in [0, 0.05) is 24.7 Å². The summed E-state index contributed by atoms with van der Waals surface area (Å²) < 4.78 is 1.60. The van der Waals surface area contributed by atoms with E-state index in [1.54, 1.807) is 4.52 Å². The van der Waals surface area contributed by atoms with Gasteiger partial charge in [-0.2, -0.15) is 5.10 Å². The molecule has 31 heavy (non-hydrogen) atoms. The number of aromatic nitrogens is 3. The zero-order valence-electron chi connectivity index (χ0n) is 18.4. The summed E-state index contributed by atoms with van der Waals surface area (Å²) in [5.41, 5.74) is 5.47. The molecular weight excluding hydrogens is 390 g/mol. The summed E-state index contributed by atoms with van der Waals surface area (Å²) in [6, 6.07) is 6.76. The SMILES string of the molecule is Cc1ccc(-c2cn3nc(C(=O)NCCN(C)C4CC4)c(C4CC4)c3c(=O)[nH]2)cc1C. The van der Waals surface area contributed by atoms with E-state index in [1.807, 2.05) is 18.3 Å². The number of H-pyrrole nitrogens is 1. The van der Waals surface area contributed by atoms with Gasteiger partial charge in [-0.1, -0.05) is 12.1 Å². The van der Waals surface area contributed by atoms with Crippen LogP contribution in [0.5, 0.6) is 0 Å². The zero-order chi connectivity index (χ0) is 21.7. The summed E-state index contributed by atoms with van der Waals surface area (Å²) in [7, 11) is 2.10. The Hall–Kier alpha value is -2.93. The van der Waals surface area contributed by atoms with Crippen molar-refractivity contribution in [2.24, 2.45) is 0 Å².